The van der Waals surface area contributed by atoms with Crippen LogP contribution in [0.15, 0.2) is 36.4 Å². The van der Waals surface area contributed by atoms with Crippen LogP contribution in [0.5, 0.6) is 11.5 Å². The average Bonchev–Trinajstić information content (AvgIpc) is 3.55. The molecule has 16 nitrogen and oxygen atoms in total. The molecule has 0 aromatic heterocycles. The first kappa shape index (κ1) is 35.5. The van der Waals surface area contributed by atoms with Gasteiger partial charge in [0.1, 0.15) is 55.6 Å². The van der Waals surface area contributed by atoms with Crippen molar-refractivity contribution in [2.45, 2.75) is 75.0 Å². The highest BCUT2D eigenvalue weighted by molar-refractivity contribution is 7.85. The first-order valence-electron chi connectivity index (χ1n) is 13.3. The maximum absolute atomic E-state index is 12.7. The number of aliphatic hydroxyl groups is 5. The predicted molar refractivity (Wildman–Crippen MR) is 149 cm³/mol. The number of Topliss-reactive ketones (excluding diaryl/α,β-unsaturated/α-hetero) is 1. The van der Waals surface area contributed by atoms with Gasteiger partial charge in [-0.05, 0) is 37.6 Å². The number of hydrogen-bond donors (Lipinski definition) is 7. The monoisotopic (exact) mass is 647 g/mol. The van der Waals surface area contributed by atoms with Crippen LogP contribution in [0.1, 0.15) is 19.4 Å². The van der Waals surface area contributed by atoms with Crippen molar-refractivity contribution >= 4 is 27.9 Å². The van der Waals surface area contributed by atoms with E-state index in [4.69, 9.17) is 18.9 Å². The quantitative estimate of drug-likeness (QED) is 0.0845. The lowest BCUT2D eigenvalue weighted by Gasteiger charge is -2.41. The lowest BCUT2D eigenvalue weighted by molar-refractivity contribution is -0.155. The molecule has 0 radical (unpaired) electrons. The van der Waals surface area contributed by atoms with Gasteiger partial charge in [0.15, 0.2) is 17.3 Å². The Morgan fingerprint density at radius 2 is 1.66 bits per heavy atom. The summed E-state index contributed by atoms with van der Waals surface area (Å²) in [7, 11) is -3.26. The number of phenols is 1. The van der Waals surface area contributed by atoms with Gasteiger partial charge in [0, 0.05) is 5.57 Å². The maximum Gasteiger partial charge on any atom is 0.264 e. The smallest absolute Gasteiger partial charge is 0.264 e. The van der Waals surface area contributed by atoms with Crippen LogP contribution in [-0.2, 0) is 38.1 Å². The number of aromatic hydroxyl groups is 1. The van der Waals surface area contributed by atoms with E-state index >= 15 is 0 Å². The number of rotatable bonds is 9. The second-order valence-electron chi connectivity index (χ2n) is 10.3. The summed E-state index contributed by atoms with van der Waals surface area (Å²) in [6.45, 7) is 5.85. The van der Waals surface area contributed by atoms with Crippen molar-refractivity contribution in [3.05, 3.63) is 42.0 Å². The van der Waals surface area contributed by atoms with Crippen LogP contribution in [0.25, 0.3) is 6.08 Å². The summed E-state index contributed by atoms with van der Waals surface area (Å²) in [5.41, 5.74) is 0.545. The van der Waals surface area contributed by atoms with E-state index in [1.807, 2.05) is 0 Å². The van der Waals surface area contributed by atoms with E-state index in [0.717, 1.165) is 6.26 Å². The number of hydrogen-bond acceptors (Lipinski definition) is 15. The molecule has 3 aliphatic rings. The van der Waals surface area contributed by atoms with Crippen molar-refractivity contribution in [1.29, 1.82) is 0 Å². The molecule has 1 saturated carbocycles. The number of ketones is 1. The number of fused-ring (bicyclic) bond motifs is 1. The molecule has 1 amide bonds. The van der Waals surface area contributed by atoms with E-state index in [1.165, 1.54) is 44.2 Å². The van der Waals surface area contributed by atoms with Crippen molar-refractivity contribution in [3.63, 3.8) is 0 Å². The molecule has 0 bridgehead atoms. The molecule has 4 rings (SSSR count). The Bertz CT molecular complexity index is 1330. The highest BCUT2D eigenvalue weighted by Gasteiger charge is 2.53. The van der Waals surface area contributed by atoms with Crippen LogP contribution in [0.4, 0.5) is 0 Å². The molecule has 2 aliphatic heterocycles. The maximum atomic E-state index is 12.7. The zero-order valence-electron chi connectivity index (χ0n) is 24.0. The Hall–Kier alpha value is -2.97. The van der Waals surface area contributed by atoms with Gasteiger partial charge in [-0.3, -0.25) is 13.8 Å². The molecular formula is C27H37NO15S. The molecule has 0 unspecified atom stereocenters. The molecule has 10 atom stereocenters. The van der Waals surface area contributed by atoms with E-state index in [2.05, 4.69) is 16.1 Å². The van der Waals surface area contributed by atoms with Crippen molar-refractivity contribution in [2.24, 2.45) is 0 Å². The predicted octanol–water partition coefficient (Wildman–Crippen LogP) is -2.32. The lowest BCUT2D eigenvalue weighted by atomic mass is 9.83. The van der Waals surface area contributed by atoms with Crippen molar-refractivity contribution in [1.82, 2.24) is 5.32 Å². The van der Waals surface area contributed by atoms with Gasteiger partial charge in [-0.2, -0.15) is 8.42 Å². The third-order valence-corrected chi connectivity index (χ3v) is 7.45. The fourth-order valence-corrected chi connectivity index (χ4v) is 4.98. The first-order valence-corrected chi connectivity index (χ1v) is 15.1. The summed E-state index contributed by atoms with van der Waals surface area (Å²) in [4.78, 5) is 24.2. The molecular weight excluding hydrogens is 610 g/mol. The molecule has 2 saturated heterocycles. The minimum atomic E-state index is -3.26. The third-order valence-electron chi connectivity index (χ3n) is 6.89. The summed E-state index contributed by atoms with van der Waals surface area (Å²) in [5, 5.41) is 63.9. The second kappa shape index (κ2) is 14.9. The number of nitrogens with one attached hydrogen (secondary N) is 1. The van der Waals surface area contributed by atoms with Crippen LogP contribution >= 0.6 is 0 Å². The van der Waals surface area contributed by atoms with E-state index in [0.29, 0.717) is 5.56 Å². The SMILES string of the molecule is C=CCOS(C)(=O)=O.CC(=O)[C@H]1O[C@@H](Oc2ccc(/C=C(\C)C(=O)N[C@H]3[C@@H](O)[C@H](O)[C@@H]4OCO[C@@H]4[C@H]3O)cc2O)[C@@H](O)[C@@H]1O. The minimum Gasteiger partial charge on any atom is -0.504 e. The van der Waals surface area contributed by atoms with Gasteiger partial charge in [0.2, 0.25) is 12.2 Å². The van der Waals surface area contributed by atoms with Crippen LogP contribution in [0.2, 0.25) is 0 Å². The van der Waals surface area contributed by atoms with Gasteiger partial charge in [-0.25, -0.2) is 0 Å². The zero-order valence-corrected chi connectivity index (χ0v) is 24.9. The van der Waals surface area contributed by atoms with Gasteiger partial charge in [-0.15, -0.1) is 6.58 Å². The molecule has 7 N–H and O–H groups in total. The Labute approximate surface area is 253 Å². The standard InChI is InChI=1S/C23H29NO12.C4H8O3S/c1-8(22(32)24-13-14(27)16(29)21-20(15(13)28)33-7-34-21)5-10-3-4-12(11(26)6-10)35-23-18(31)17(30)19(36-23)9(2)25;1-3-4-7-8(2,5)6/h3-6,13-21,23,26-31H,7H2,1-2H3,(H,24,32);3H,1,4H2,2H3/b8-5+;/t13-,14+,15-,16-,17-,18-,19+,20+,21-,23+;/m0./s1. The molecule has 3 fully saturated rings. The summed E-state index contributed by atoms with van der Waals surface area (Å²) < 4.78 is 45.5. The molecule has 1 aromatic carbocycles. The molecule has 1 aliphatic carbocycles. The molecule has 1 aromatic rings. The highest BCUT2D eigenvalue weighted by Crippen LogP contribution is 2.33. The van der Waals surface area contributed by atoms with Crippen LogP contribution in [0.3, 0.4) is 0 Å². The largest absolute Gasteiger partial charge is 0.504 e. The Morgan fingerprint density at radius 1 is 1.02 bits per heavy atom. The van der Waals surface area contributed by atoms with Crippen LogP contribution in [0, 0.1) is 0 Å². The highest BCUT2D eigenvalue weighted by atomic mass is 32.2. The van der Waals surface area contributed by atoms with Gasteiger partial charge < -0.3 is 54.9 Å². The van der Waals surface area contributed by atoms with Crippen LogP contribution in [-0.4, -0.2) is 132 Å². The van der Waals surface area contributed by atoms with E-state index in [9.17, 15) is 48.6 Å². The number of benzene rings is 1. The number of carbonyl (C=O) groups excluding carboxylic acids is 2. The van der Waals surface area contributed by atoms with Crippen molar-refractivity contribution in [2.75, 3.05) is 19.7 Å². The fourth-order valence-electron chi connectivity index (χ4n) is 4.64. The number of carbonyl (C=O) groups is 2. The number of aliphatic hydroxyl groups excluding tert-OH is 5. The Morgan fingerprint density at radius 3 is 2.18 bits per heavy atom. The summed E-state index contributed by atoms with van der Waals surface area (Å²) in [6, 6.07) is 2.90. The van der Waals surface area contributed by atoms with E-state index in [-0.39, 0.29) is 30.5 Å². The molecule has 17 heteroatoms. The minimum absolute atomic E-state index is 0.0544. The van der Waals surface area contributed by atoms with Crippen molar-refractivity contribution in [3.8, 4) is 11.5 Å². The van der Waals surface area contributed by atoms with Gasteiger partial charge >= 0.3 is 0 Å². The van der Waals surface area contributed by atoms with Gasteiger partial charge in [0.05, 0.1) is 18.9 Å². The Kier molecular flexibility index (Phi) is 12.0. The first-order chi connectivity index (χ1) is 20.5. The Balaban J connectivity index is 0.000000583. The van der Waals surface area contributed by atoms with Gasteiger partial charge in [0.25, 0.3) is 10.1 Å². The van der Waals surface area contributed by atoms with Gasteiger partial charge in [-0.1, -0.05) is 12.1 Å². The number of phenolic OH excluding ortho intramolecular Hbond substituents is 1. The lowest BCUT2D eigenvalue weighted by Crippen LogP contribution is -2.67. The van der Waals surface area contributed by atoms with Crippen LogP contribution < -0.4 is 10.1 Å². The zero-order chi connectivity index (χ0) is 32.9. The van der Waals surface area contributed by atoms with Crippen molar-refractivity contribution < 1.29 is 71.8 Å². The molecule has 44 heavy (non-hydrogen) atoms. The summed E-state index contributed by atoms with van der Waals surface area (Å²) >= 11 is 0. The van der Waals surface area contributed by atoms with E-state index < -0.39 is 83.0 Å². The normalized spacial score (nSPS) is 33.5. The summed E-state index contributed by atoms with van der Waals surface area (Å²) in [5.74, 6) is -1.59. The summed E-state index contributed by atoms with van der Waals surface area (Å²) in [6.07, 6.45) is -7.81. The molecule has 246 valence electrons. The third kappa shape index (κ3) is 8.60. The average molecular weight is 648 g/mol. The number of ether oxygens (including phenoxy) is 4. The molecule has 0 spiro atoms. The topological polar surface area (TPSA) is 248 Å². The number of amides is 1. The fraction of sp³-hybridized carbons (Fsp3) is 0.556. The van der Waals surface area contributed by atoms with E-state index in [1.54, 1.807) is 0 Å². The molecule has 2 heterocycles. The second-order valence-corrected chi connectivity index (χ2v) is 12.0.